The zero-order valence-electron chi connectivity index (χ0n) is 17.8. The normalized spacial score (nSPS) is 11.2. The van der Waals surface area contributed by atoms with Crippen molar-refractivity contribution in [2.75, 3.05) is 11.4 Å². The number of aryl methyl sites for hydroxylation is 1. The van der Waals surface area contributed by atoms with Gasteiger partial charge in [-0.25, -0.2) is 4.98 Å². The fraction of sp³-hybridized carbons (Fsp3) is 0.182. The topological polar surface area (TPSA) is 125 Å². The van der Waals surface area contributed by atoms with Gasteiger partial charge in [-0.05, 0) is 12.5 Å². The van der Waals surface area contributed by atoms with Gasteiger partial charge in [0.05, 0.1) is 29.2 Å². The highest BCUT2D eigenvalue weighted by atomic mass is 16.4. The number of aliphatic imine (C=N–C) groups is 1. The lowest BCUT2D eigenvalue weighted by molar-refractivity contribution is 0.564. The van der Waals surface area contributed by atoms with E-state index in [9.17, 15) is 5.26 Å². The number of nitriles is 1. The molecule has 0 bridgehead atoms. The van der Waals surface area contributed by atoms with Crippen molar-refractivity contribution in [2.24, 2.45) is 12.0 Å². The molecular formula is C22H21N9O. The van der Waals surface area contributed by atoms with Crippen molar-refractivity contribution in [1.29, 1.82) is 5.26 Å². The van der Waals surface area contributed by atoms with Crippen molar-refractivity contribution < 1.29 is 4.42 Å². The Morgan fingerprint density at radius 3 is 2.91 bits per heavy atom. The van der Waals surface area contributed by atoms with Crippen LogP contribution in [0.1, 0.15) is 13.3 Å². The number of aromatic nitrogens is 6. The molecule has 0 amide bonds. The average molecular weight is 427 g/mol. The first-order valence-electron chi connectivity index (χ1n) is 9.87. The van der Waals surface area contributed by atoms with E-state index in [1.54, 1.807) is 29.5 Å². The van der Waals surface area contributed by atoms with Gasteiger partial charge in [0.15, 0.2) is 0 Å². The Kier molecular flexibility index (Phi) is 5.63. The maximum atomic E-state index is 9.27. The molecule has 0 saturated carbocycles. The third kappa shape index (κ3) is 3.91. The molecule has 10 heteroatoms. The van der Waals surface area contributed by atoms with E-state index in [1.807, 2.05) is 26.2 Å². The van der Waals surface area contributed by atoms with E-state index < -0.39 is 0 Å². The molecule has 1 N–H and O–H groups in total. The fourth-order valence-electron chi connectivity index (χ4n) is 3.12. The third-order valence-corrected chi connectivity index (χ3v) is 4.76. The number of H-pyrrole nitrogens is 1. The minimum absolute atomic E-state index is 0.0400. The van der Waals surface area contributed by atoms with Crippen LogP contribution in [0.25, 0.3) is 33.6 Å². The van der Waals surface area contributed by atoms with Crippen molar-refractivity contribution >= 4 is 23.3 Å². The van der Waals surface area contributed by atoms with E-state index >= 15 is 0 Å². The van der Waals surface area contributed by atoms with Crippen LogP contribution >= 0.6 is 0 Å². The molecule has 10 nitrogen and oxygen atoms in total. The SMILES string of the molecule is C=C(N=CCC)C(=C)N(CC#N)c1nnc(-c2c[nH]c3ncc(-c4cnn(C)c4)cc23)o1. The van der Waals surface area contributed by atoms with Crippen LogP contribution in [-0.2, 0) is 7.05 Å². The Hall–Kier alpha value is -4.52. The van der Waals surface area contributed by atoms with E-state index in [-0.39, 0.29) is 18.5 Å². The average Bonchev–Trinajstić information content (AvgIpc) is 3.54. The minimum atomic E-state index is -0.0400. The van der Waals surface area contributed by atoms with Gasteiger partial charge in [-0.3, -0.25) is 14.6 Å². The van der Waals surface area contributed by atoms with Crippen LogP contribution in [0.2, 0.25) is 0 Å². The predicted molar refractivity (Wildman–Crippen MR) is 122 cm³/mol. The maximum Gasteiger partial charge on any atom is 0.324 e. The Labute approximate surface area is 184 Å². The van der Waals surface area contributed by atoms with Gasteiger partial charge in [0.2, 0.25) is 0 Å². The zero-order valence-corrected chi connectivity index (χ0v) is 17.8. The number of pyridine rings is 1. The van der Waals surface area contributed by atoms with Crippen LogP contribution in [0.3, 0.4) is 0 Å². The molecule has 0 radical (unpaired) electrons. The summed E-state index contributed by atoms with van der Waals surface area (Å²) in [5.41, 5.74) is 4.07. The number of aromatic amines is 1. The van der Waals surface area contributed by atoms with Crippen LogP contribution < -0.4 is 4.90 Å². The molecular weight excluding hydrogens is 406 g/mol. The molecule has 0 unspecified atom stereocenters. The summed E-state index contributed by atoms with van der Waals surface area (Å²) in [5, 5.41) is 22.6. The van der Waals surface area contributed by atoms with Crippen molar-refractivity contribution in [2.45, 2.75) is 13.3 Å². The molecule has 0 aliphatic carbocycles. The summed E-state index contributed by atoms with van der Waals surface area (Å²) < 4.78 is 7.64. The molecule has 0 aromatic carbocycles. The highest BCUT2D eigenvalue weighted by molar-refractivity contribution is 5.93. The van der Waals surface area contributed by atoms with Crippen molar-refractivity contribution in [1.82, 2.24) is 29.9 Å². The van der Waals surface area contributed by atoms with Crippen LogP contribution in [0, 0.1) is 11.3 Å². The molecule has 4 aromatic heterocycles. The first-order chi connectivity index (χ1) is 15.5. The molecule has 4 rings (SSSR count). The summed E-state index contributed by atoms with van der Waals surface area (Å²) >= 11 is 0. The second kappa shape index (κ2) is 8.69. The number of fused-ring (bicyclic) bond motifs is 1. The Bertz CT molecular complexity index is 1370. The molecule has 0 aliphatic heterocycles. The van der Waals surface area contributed by atoms with E-state index in [2.05, 4.69) is 49.5 Å². The van der Waals surface area contributed by atoms with Crippen molar-refractivity contribution in [3.63, 3.8) is 0 Å². The third-order valence-electron chi connectivity index (χ3n) is 4.76. The summed E-state index contributed by atoms with van der Waals surface area (Å²) in [7, 11) is 1.86. The first kappa shape index (κ1) is 20.7. The van der Waals surface area contributed by atoms with Gasteiger partial charge in [-0.15, -0.1) is 5.10 Å². The lowest BCUT2D eigenvalue weighted by Gasteiger charge is -2.18. The Morgan fingerprint density at radius 1 is 1.34 bits per heavy atom. The monoisotopic (exact) mass is 427 g/mol. The van der Waals surface area contributed by atoms with Crippen LogP contribution in [0.15, 0.2) is 64.8 Å². The molecule has 4 heterocycles. The number of hydrogen-bond donors (Lipinski definition) is 1. The Balaban J connectivity index is 1.69. The van der Waals surface area contributed by atoms with Crippen molar-refractivity contribution in [3.8, 4) is 28.7 Å². The predicted octanol–water partition coefficient (Wildman–Crippen LogP) is 3.85. The highest BCUT2D eigenvalue weighted by Crippen LogP contribution is 2.32. The lowest BCUT2D eigenvalue weighted by Crippen LogP contribution is -2.23. The van der Waals surface area contributed by atoms with Gasteiger partial charge >= 0.3 is 6.01 Å². The zero-order chi connectivity index (χ0) is 22.7. The first-order valence-corrected chi connectivity index (χ1v) is 9.87. The van der Waals surface area contributed by atoms with Gasteiger partial charge in [-0.1, -0.05) is 25.2 Å². The summed E-state index contributed by atoms with van der Waals surface area (Å²) in [6.07, 6.45) is 9.70. The fourth-order valence-corrected chi connectivity index (χ4v) is 3.12. The summed E-state index contributed by atoms with van der Waals surface area (Å²) in [4.78, 5) is 13.3. The van der Waals surface area contributed by atoms with E-state index in [4.69, 9.17) is 4.42 Å². The number of rotatable bonds is 8. The largest absolute Gasteiger partial charge is 0.403 e. The van der Waals surface area contributed by atoms with E-state index in [1.165, 1.54) is 4.90 Å². The van der Waals surface area contributed by atoms with E-state index in [0.29, 0.717) is 22.6 Å². The second-order valence-corrected chi connectivity index (χ2v) is 6.97. The molecule has 0 saturated heterocycles. The number of nitrogens with zero attached hydrogens (tertiary/aromatic N) is 8. The summed E-state index contributed by atoms with van der Waals surface area (Å²) in [6.45, 7) is 9.81. The molecule has 0 aliphatic rings. The van der Waals surface area contributed by atoms with Crippen molar-refractivity contribution in [3.05, 3.63) is 55.4 Å². The van der Waals surface area contributed by atoms with Gasteiger partial charge in [0.25, 0.3) is 5.89 Å². The smallest absolute Gasteiger partial charge is 0.324 e. The Morgan fingerprint density at radius 2 is 2.19 bits per heavy atom. The van der Waals surface area contributed by atoms with E-state index in [0.717, 1.165) is 22.9 Å². The molecule has 0 atom stereocenters. The quantitative estimate of drug-likeness (QED) is 0.257. The minimum Gasteiger partial charge on any atom is -0.403 e. The van der Waals surface area contributed by atoms with Crippen LogP contribution in [0.5, 0.6) is 0 Å². The lowest BCUT2D eigenvalue weighted by atomic mass is 10.1. The van der Waals surface area contributed by atoms with Gasteiger partial charge in [0, 0.05) is 48.4 Å². The molecule has 0 fully saturated rings. The molecule has 32 heavy (non-hydrogen) atoms. The summed E-state index contributed by atoms with van der Waals surface area (Å²) in [6, 6.07) is 4.20. The number of nitrogens with one attached hydrogen (secondary N) is 1. The number of hydrogen-bond acceptors (Lipinski definition) is 8. The van der Waals surface area contributed by atoms with Gasteiger partial charge in [0.1, 0.15) is 12.2 Å². The molecule has 4 aromatic rings. The van der Waals surface area contributed by atoms with Gasteiger partial charge < -0.3 is 9.40 Å². The number of anilines is 1. The summed E-state index contributed by atoms with van der Waals surface area (Å²) in [5.74, 6) is 0.287. The highest BCUT2D eigenvalue weighted by Gasteiger charge is 2.21. The maximum absolute atomic E-state index is 9.27. The van der Waals surface area contributed by atoms with Gasteiger partial charge in [-0.2, -0.15) is 10.4 Å². The molecule has 0 spiro atoms. The van der Waals surface area contributed by atoms with Crippen LogP contribution in [-0.4, -0.2) is 42.7 Å². The second-order valence-electron chi connectivity index (χ2n) is 6.97. The van der Waals surface area contributed by atoms with Crippen LogP contribution in [0.4, 0.5) is 6.01 Å². The standard InChI is InChI=1S/C22H21N9O/c1-5-7-24-14(2)15(3)31(8-6-23)22-29-28-21(32-22)19-12-26-20-18(19)9-16(10-25-20)17-11-27-30(4)13-17/h7,9-13H,2-3,5,8H2,1,4H3,(H,25,26). The molecule has 160 valence electrons.